The number of benzene rings is 2. The Morgan fingerprint density at radius 3 is 2.23 bits per heavy atom. The molecule has 3 heterocycles. The van der Waals surface area contributed by atoms with Crippen LogP contribution in [0.1, 0.15) is 95.2 Å². The van der Waals surface area contributed by atoms with Crippen LogP contribution in [0.3, 0.4) is 0 Å². The molecule has 2 aromatic rings. The normalized spacial score (nSPS) is 26.8. The number of carbonyl (C=O) groups is 5. The molecule has 14 heteroatoms. The molecule has 53 heavy (non-hydrogen) atoms. The summed E-state index contributed by atoms with van der Waals surface area (Å²) in [6.45, 7) is 7.81. The molecule has 13 nitrogen and oxygen atoms in total. The first-order chi connectivity index (χ1) is 25.2. The molecule has 0 unspecified atom stereocenters. The Bertz CT molecular complexity index is 1720. The second-order valence-corrected chi connectivity index (χ2v) is 17.0. The van der Waals surface area contributed by atoms with Crippen LogP contribution in [0.25, 0.3) is 0 Å². The largest absolute Gasteiger partial charge is 0.444 e. The topological polar surface area (TPSA) is 163 Å². The van der Waals surface area contributed by atoms with Crippen LogP contribution in [-0.2, 0) is 47.9 Å². The van der Waals surface area contributed by atoms with Crippen molar-refractivity contribution in [2.24, 2.45) is 5.92 Å². The summed E-state index contributed by atoms with van der Waals surface area (Å²) in [5.41, 5.74) is 0.938. The lowest BCUT2D eigenvalue weighted by Crippen LogP contribution is -2.58. The van der Waals surface area contributed by atoms with E-state index in [4.69, 9.17) is 9.47 Å². The van der Waals surface area contributed by atoms with Gasteiger partial charge >= 0.3 is 12.2 Å². The van der Waals surface area contributed by atoms with Crippen LogP contribution in [0.2, 0.25) is 0 Å². The van der Waals surface area contributed by atoms with E-state index in [-0.39, 0.29) is 18.9 Å². The standard InChI is InChI=1S/C39H51N5O8S/c1-25-16-18-30(19-17-25)53(50)42-35(47)39-21-28(39)14-8-6-5-7-9-15-31(40-36(48)52-38(2,3)4)34(46)44-24-29(20-32(44)33(45)41-39)51-37(49)43-22-26-12-10-11-13-27(26)23-43/h10-13,16-19,28-29,31-32H,5-9,14-15,20-24H2,1-4H3,(H,40,48)(H,41,45)(H,42,47)/t28-,29-,31+,32+,39-,53+/m1/s1. The summed E-state index contributed by atoms with van der Waals surface area (Å²) in [6.07, 6.45) is 3.39. The van der Waals surface area contributed by atoms with Crippen LogP contribution in [0.4, 0.5) is 9.59 Å². The molecule has 0 aromatic heterocycles. The molecule has 2 saturated heterocycles. The van der Waals surface area contributed by atoms with Gasteiger partial charge in [0, 0.05) is 19.5 Å². The third-order valence-electron chi connectivity index (χ3n) is 10.5. The molecule has 0 radical (unpaired) electrons. The summed E-state index contributed by atoms with van der Waals surface area (Å²) in [5.74, 6) is -1.79. The van der Waals surface area contributed by atoms with E-state index in [2.05, 4.69) is 15.4 Å². The molecule has 1 saturated carbocycles. The van der Waals surface area contributed by atoms with E-state index in [1.165, 1.54) is 4.90 Å². The van der Waals surface area contributed by atoms with Gasteiger partial charge in [-0.2, -0.15) is 0 Å². The molecule has 4 aliphatic rings. The second-order valence-electron chi connectivity index (χ2n) is 15.8. The van der Waals surface area contributed by atoms with Gasteiger partial charge in [-0.3, -0.25) is 24.0 Å². The number of nitrogens with zero attached hydrogens (tertiary/aromatic N) is 2. The summed E-state index contributed by atoms with van der Waals surface area (Å²) in [4.78, 5) is 72.4. The Morgan fingerprint density at radius 1 is 0.925 bits per heavy atom. The van der Waals surface area contributed by atoms with Gasteiger partial charge in [0.15, 0.2) is 11.0 Å². The monoisotopic (exact) mass is 749 g/mol. The van der Waals surface area contributed by atoms with Crippen molar-refractivity contribution in [2.75, 3.05) is 6.54 Å². The van der Waals surface area contributed by atoms with Gasteiger partial charge in [0.25, 0.3) is 5.91 Å². The van der Waals surface area contributed by atoms with Gasteiger partial charge in [-0.15, -0.1) is 0 Å². The maximum atomic E-state index is 14.4. The highest BCUT2D eigenvalue weighted by molar-refractivity contribution is 7.83. The number of nitrogens with one attached hydrogen (secondary N) is 3. The zero-order chi connectivity index (χ0) is 37.9. The van der Waals surface area contributed by atoms with Crippen LogP contribution >= 0.6 is 0 Å². The number of ether oxygens (including phenoxy) is 2. The van der Waals surface area contributed by atoms with Gasteiger partial charge < -0.3 is 25.0 Å². The molecule has 3 N–H and O–H groups in total. The minimum atomic E-state index is -1.85. The van der Waals surface area contributed by atoms with Crippen molar-refractivity contribution in [3.05, 3.63) is 65.2 Å². The molecule has 2 aromatic carbocycles. The fraction of sp³-hybridized carbons (Fsp3) is 0.564. The summed E-state index contributed by atoms with van der Waals surface area (Å²) in [7, 11) is -1.85. The molecule has 5 amide bonds. The lowest BCUT2D eigenvalue weighted by Gasteiger charge is -2.30. The van der Waals surface area contributed by atoms with Crippen molar-refractivity contribution in [1.29, 1.82) is 0 Å². The van der Waals surface area contributed by atoms with E-state index < -0.39 is 70.2 Å². The van der Waals surface area contributed by atoms with Gasteiger partial charge in [0.2, 0.25) is 11.8 Å². The van der Waals surface area contributed by atoms with E-state index in [1.54, 1.807) is 37.8 Å². The molecule has 0 spiro atoms. The smallest absolute Gasteiger partial charge is 0.410 e. The molecular formula is C39H51N5O8S. The summed E-state index contributed by atoms with van der Waals surface area (Å²) >= 11 is 0. The number of carbonyl (C=O) groups excluding carboxylic acids is 5. The highest BCUT2D eigenvalue weighted by Crippen LogP contribution is 2.48. The van der Waals surface area contributed by atoms with Crippen LogP contribution in [-0.4, -0.2) is 79.8 Å². The summed E-state index contributed by atoms with van der Waals surface area (Å²) in [5, 5.41) is 5.72. The molecule has 3 aliphatic heterocycles. The highest BCUT2D eigenvalue weighted by Gasteiger charge is 2.62. The molecule has 1 aliphatic carbocycles. The SMILES string of the molecule is Cc1ccc([S@](=O)NC(=O)[C@@]23C[C@H]2CCCCCCC[C@H](NC(=O)OC(C)(C)C)C(=O)N2C[C@H](OC(=O)N4Cc5ccccc5C4)C[C@H]2C(=O)N3)cc1. The Balaban J connectivity index is 1.24. The van der Waals surface area contributed by atoms with E-state index in [1.807, 2.05) is 43.3 Å². The van der Waals surface area contributed by atoms with Crippen LogP contribution in [0, 0.1) is 12.8 Å². The first kappa shape index (κ1) is 38.3. The summed E-state index contributed by atoms with van der Waals surface area (Å²) < 4.78 is 27.3. The van der Waals surface area contributed by atoms with Crippen molar-refractivity contribution in [3.63, 3.8) is 0 Å². The Labute approximate surface area is 313 Å². The third kappa shape index (κ3) is 9.20. The number of amides is 5. The van der Waals surface area contributed by atoms with E-state index in [0.717, 1.165) is 42.4 Å². The van der Waals surface area contributed by atoms with Crippen LogP contribution in [0.15, 0.2) is 53.4 Å². The van der Waals surface area contributed by atoms with Crippen molar-refractivity contribution in [3.8, 4) is 0 Å². The number of alkyl carbamates (subject to hydrolysis) is 1. The van der Waals surface area contributed by atoms with Crippen molar-refractivity contribution < 1.29 is 37.7 Å². The number of hydrogen-bond acceptors (Lipinski definition) is 8. The predicted molar refractivity (Wildman–Crippen MR) is 196 cm³/mol. The lowest BCUT2D eigenvalue weighted by atomic mass is 10.0. The number of rotatable bonds is 5. The lowest BCUT2D eigenvalue weighted by molar-refractivity contribution is -0.141. The highest BCUT2D eigenvalue weighted by atomic mass is 32.2. The first-order valence-corrected chi connectivity index (χ1v) is 19.8. The van der Waals surface area contributed by atoms with Gasteiger partial charge in [0.1, 0.15) is 29.3 Å². The van der Waals surface area contributed by atoms with Crippen molar-refractivity contribution in [1.82, 2.24) is 25.2 Å². The Hall–Kier alpha value is -4.46. The van der Waals surface area contributed by atoms with Gasteiger partial charge in [-0.05, 0) is 76.1 Å². The van der Waals surface area contributed by atoms with E-state index in [0.29, 0.717) is 43.7 Å². The average Bonchev–Trinajstić information content (AvgIpc) is 3.40. The van der Waals surface area contributed by atoms with Gasteiger partial charge in [-0.1, -0.05) is 74.1 Å². The Morgan fingerprint density at radius 2 is 1.57 bits per heavy atom. The van der Waals surface area contributed by atoms with Crippen LogP contribution in [0.5, 0.6) is 0 Å². The third-order valence-corrected chi connectivity index (χ3v) is 11.6. The molecule has 6 atom stereocenters. The average molecular weight is 750 g/mol. The Kier molecular flexibility index (Phi) is 11.5. The predicted octanol–water partition coefficient (Wildman–Crippen LogP) is 4.77. The maximum absolute atomic E-state index is 14.4. The molecule has 6 rings (SSSR count). The maximum Gasteiger partial charge on any atom is 0.410 e. The van der Waals surface area contributed by atoms with Crippen LogP contribution < -0.4 is 15.4 Å². The number of aryl methyl sites for hydroxylation is 1. The second kappa shape index (κ2) is 15.9. The molecule has 0 bridgehead atoms. The van der Waals surface area contributed by atoms with E-state index in [9.17, 15) is 28.2 Å². The molecular weight excluding hydrogens is 699 g/mol. The minimum Gasteiger partial charge on any atom is -0.444 e. The first-order valence-electron chi connectivity index (χ1n) is 18.7. The quantitative estimate of drug-likeness (QED) is 0.394. The number of fused-ring (bicyclic) bond motifs is 3. The van der Waals surface area contributed by atoms with Gasteiger partial charge in [-0.25, -0.2) is 13.8 Å². The molecule has 3 fully saturated rings. The zero-order valence-electron chi connectivity index (χ0n) is 31.0. The van der Waals surface area contributed by atoms with Crippen molar-refractivity contribution in [2.45, 2.75) is 133 Å². The van der Waals surface area contributed by atoms with Crippen molar-refractivity contribution >= 4 is 40.9 Å². The fourth-order valence-electron chi connectivity index (χ4n) is 7.60. The minimum absolute atomic E-state index is 0.000915. The zero-order valence-corrected chi connectivity index (χ0v) is 31.8. The molecule has 286 valence electrons. The fourth-order valence-corrected chi connectivity index (χ4v) is 8.45. The summed E-state index contributed by atoms with van der Waals surface area (Å²) in [6, 6.07) is 12.7. The van der Waals surface area contributed by atoms with Gasteiger partial charge in [0.05, 0.1) is 11.4 Å². The van der Waals surface area contributed by atoms with E-state index >= 15 is 0 Å². The number of hydrogen-bond donors (Lipinski definition) is 3.